The van der Waals surface area contributed by atoms with Crippen LogP contribution in [0.2, 0.25) is 0 Å². The van der Waals surface area contributed by atoms with Crippen molar-refractivity contribution in [3.63, 3.8) is 0 Å². The van der Waals surface area contributed by atoms with Gasteiger partial charge < -0.3 is 8.72 Å². The molecule has 0 saturated heterocycles. The van der Waals surface area contributed by atoms with E-state index >= 15 is 0 Å². The average Bonchev–Trinajstić information content (AvgIpc) is 2.92. The van der Waals surface area contributed by atoms with Gasteiger partial charge in [0.15, 0.2) is 0 Å². The molecule has 180 valence electrons. The molecule has 1 heterocycles. The van der Waals surface area contributed by atoms with Gasteiger partial charge in [0.2, 0.25) is 0 Å². The van der Waals surface area contributed by atoms with Crippen LogP contribution < -0.4 is 4.52 Å². The molecule has 0 spiro atoms. The standard InChI is InChI=1S/C30H38NO2P/c1-16(2)24-14-19(6)22(9)27-28-23(10)20(7)15-25(17(3)4)30(28)33-34(31-29(24)27)32-26-12-11-18(5)13-21(26)8/h11-17,31H,1-10H3. The van der Waals surface area contributed by atoms with Gasteiger partial charge in [0.25, 0.3) is 0 Å². The minimum atomic E-state index is -1.45. The van der Waals surface area contributed by atoms with E-state index in [1.807, 2.05) is 0 Å². The van der Waals surface area contributed by atoms with Gasteiger partial charge >= 0.3 is 8.16 Å². The second-order valence-corrected chi connectivity index (χ2v) is 11.5. The molecule has 4 aromatic rings. The predicted octanol–water partition coefficient (Wildman–Crippen LogP) is 9.96. The monoisotopic (exact) mass is 475 g/mol. The molecule has 0 saturated carbocycles. The fraction of sp³-hybridized carbons (Fsp3) is 0.400. The first-order valence-electron chi connectivity index (χ1n) is 12.3. The molecule has 1 unspecified atom stereocenters. The number of aromatic nitrogens is 1. The summed E-state index contributed by atoms with van der Waals surface area (Å²) in [5.41, 5.74) is 12.2. The van der Waals surface area contributed by atoms with Gasteiger partial charge in [-0.15, -0.1) is 0 Å². The zero-order valence-corrected chi connectivity index (χ0v) is 23.2. The first-order valence-corrected chi connectivity index (χ1v) is 13.5. The van der Waals surface area contributed by atoms with E-state index in [0.29, 0.717) is 11.8 Å². The lowest BCUT2D eigenvalue weighted by atomic mass is 9.88. The van der Waals surface area contributed by atoms with Crippen LogP contribution >= 0.6 is 8.16 Å². The zero-order chi connectivity index (χ0) is 24.9. The lowest BCUT2D eigenvalue weighted by Crippen LogP contribution is -1.98. The van der Waals surface area contributed by atoms with E-state index in [0.717, 1.165) is 22.4 Å². The minimum absolute atomic E-state index is 0.335. The normalized spacial score (nSPS) is 12.3. The Morgan fingerprint density at radius 1 is 0.735 bits per heavy atom. The summed E-state index contributed by atoms with van der Waals surface area (Å²) >= 11 is 0. The molecule has 4 heteroatoms. The van der Waals surface area contributed by atoms with Crippen LogP contribution in [0.3, 0.4) is 0 Å². The van der Waals surface area contributed by atoms with Crippen molar-refractivity contribution in [2.24, 2.45) is 0 Å². The van der Waals surface area contributed by atoms with E-state index in [1.165, 1.54) is 49.7 Å². The Hall–Kier alpha value is -2.64. The van der Waals surface area contributed by atoms with E-state index in [4.69, 9.17) is 8.72 Å². The molecule has 3 aromatic carbocycles. The third-order valence-electron chi connectivity index (χ3n) is 7.09. The summed E-state index contributed by atoms with van der Waals surface area (Å²) in [5, 5.41) is 2.47. The van der Waals surface area contributed by atoms with Crippen molar-refractivity contribution in [1.82, 2.24) is 4.75 Å². The van der Waals surface area contributed by atoms with Crippen molar-refractivity contribution in [3.8, 4) is 5.75 Å². The molecule has 34 heavy (non-hydrogen) atoms. The van der Waals surface area contributed by atoms with E-state index in [1.54, 1.807) is 0 Å². The number of rotatable bonds is 4. The number of hydrogen-bond acceptors (Lipinski definition) is 2. The average molecular weight is 476 g/mol. The fourth-order valence-corrected chi connectivity index (χ4v) is 6.11. The maximum absolute atomic E-state index is 6.82. The Labute approximate surface area is 205 Å². The molecule has 0 bridgehead atoms. The van der Waals surface area contributed by atoms with Gasteiger partial charge in [-0.05, 0) is 98.4 Å². The Kier molecular flexibility index (Phi) is 6.62. The highest BCUT2D eigenvalue weighted by atomic mass is 31.1. The van der Waals surface area contributed by atoms with Crippen LogP contribution in [0.1, 0.15) is 84.0 Å². The highest BCUT2D eigenvalue weighted by Gasteiger charge is 2.20. The number of nitrogens with one attached hydrogen (secondary N) is 1. The summed E-state index contributed by atoms with van der Waals surface area (Å²) in [5.74, 6) is 1.57. The van der Waals surface area contributed by atoms with Gasteiger partial charge in [-0.25, -0.2) is 0 Å². The molecule has 3 nitrogen and oxygen atoms in total. The summed E-state index contributed by atoms with van der Waals surface area (Å²) in [6.45, 7) is 22.1. The summed E-state index contributed by atoms with van der Waals surface area (Å²) < 4.78 is 17.1. The Morgan fingerprint density at radius 2 is 1.32 bits per heavy atom. The van der Waals surface area contributed by atoms with E-state index in [2.05, 4.69) is 104 Å². The Balaban J connectivity index is 2.24. The molecule has 1 atom stereocenters. The second-order valence-electron chi connectivity index (χ2n) is 10.4. The van der Waals surface area contributed by atoms with E-state index in [-0.39, 0.29) is 0 Å². The molecule has 4 rings (SSSR count). The molecule has 0 aliphatic carbocycles. The lowest BCUT2D eigenvalue weighted by Gasteiger charge is -2.16. The van der Waals surface area contributed by atoms with Crippen LogP contribution in [-0.4, -0.2) is 4.75 Å². The van der Waals surface area contributed by atoms with Crippen LogP contribution in [0.25, 0.3) is 21.9 Å². The molecule has 0 fully saturated rings. The molecule has 0 aliphatic rings. The predicted molar refractivity (Wildman–Crippen MR) is 147 cm³/mol. The van der Waals surface area contributed by atoms with Crippen LogP contribution in [0.15, 0.2) is 34.5 Å². The largest absolute Gasteiger partial charge is 0.404 e. The number of benzene rings is 3. The molecule has 1 aromatic heterocycles. The van der Waals surface area contributed by atoms with Crippen LogP contribution in [0.5, 0.6) is 5.75 Å². The summed E-state index contributed by atoms with van der Waals surface area (Å²) in [4.78, 5) is 0. The number of aryl methyl sites for hydroxylation is 6. The summed E-state index contributed by atoms with van der Waals surface area (Å²) in [6.07, 6.45) is 0. The van der Waals surface area contributed by atoms with E-state index in [9.17, 15) is 0 Å². The van der Waals surface area contributed by atoms with Crippen LogP contribution in [0, 0.1) is 41.5 Å². The van der Waals surface area contributed by atoms with Gasteiger partial charge in [-0.3, -0.25) is 4.75 Å². The highest BCUT2D eigenvalue weighted by molar-refractivity contribution is 7.34. The highest BCUT2D eigenvalue weighted by Crippen LogP contribution is 2.43. The number of hydrogen-bond donors (Lipinski definition) is 1. The molecule has 0 radical (unpaired) electrons. The van der Waals surface area contributed by atoms with Crippen molar-refractivity contribution < 1.29 is 8.72 Å². The van der Waals surface area contributed by atoms with Crippen molar-refractivity contribution in [2.45, 2.75) is 81.1 Å². The third kappa shape index (κ3) is 4.27. The third-order valence-corrected chi connectivity index (χ3v) is 8.21. The number of aromatic amines is 1. The van der Waals surface area contributed by atoms with Crippen molar-refractivity contribution in [3.05, 3.63) is 74.8 Å². The fourth-order valence-electron chi connectivity index (χ4n) is 4.81. The van der Waals surface area contributed by atoms with Gasteiger partial charge in [-0.2, -0.15) is 0 Å². The second kappa shape index (κ2) is 9.19. The SMILES string of the molecule is Cc1ccc(Op2[nH]c3c(C(C)C)cc(C)c(C)c3c3c(C)c(C)cc(C(C)C)c3o2)c(C)c1. The minimum Gasteiger partial charge on any atom is -0.404 e. The Morgan fingerprint density at radius 3 is 1.91 bits per heavy atom. The summed E-state index contributed by atoms with van der Waals surface area (Å²) in [7, 11) is -1.45. The maximum atomic E-state index is 6.82. The number of fused-ring (bicyclic) bond motifs is 3. The lowest BCUT2D eigenvalue weighted by molar-refractivity contribution is 0.554. The molecule has 1 N–H and O–H groups in total. The summed E-state index contributed by atoms with van der Waals surface area (Å²) in [6, 6.07) is 10.9. The Bertz CT molecular complexity index is 1360. The quantitative estimate of drug-likeness (QED) is 0.319. The molecular weight excluding hydrogens is 437 g/mol. The van der Waals surface area contributed by atoms with Crippen molar-refractivity contribution in [2.75, 3.05) is 0 Å². The van der Waals surface area contributed by atoms with Crippen LogP contribution in [0.4, 0.5) is 0 Å². The number of H-pyrrole nitrogens is 1. The van der Waals surface area contributed by atoms with Gasteiger partial charge in [0, 0.05) is 10.8 Å². The first kappa shape index (κ1) is 24.5. The van der Waals surface area contributed by atoms with E-state index < -0.39 is 8.16 Å². The maximum Gasteiger partial charge on any atom is 0.338 e. The molecule has 0 amide bonds. The smallest absolute Gasteiger partial charge is 0.338 e. The van der Waals surface area contributed by atoms with Crippen molar-refractivity contribution in [1.29, 1.82) is 0 Å². The van der Waals surface area contributed by atoms with Crippen molar-refractivity contribution >= 4 is 30.0 Å². The molecular formula is C30H38NO2P. The van der Waals surface area contributed by atoms with Gasteiger partial charge in [-0.1, -0.05) is 57.5 Å². The topological polar surface area (TPSA) is 38.2 Å². The van der Waals surface area contributed by atoms with Gasteiger partial charge in [0.1, 0.15) is 11.3 Å². The van der Waals surface area contributed by atoms with Gasteiger partial charge in [0.05, 0.1) is 5.52 Å². The molecule has 0 aliphatic heterocycles. The van der Waals surface area contributed by atoms with Crippen LogP contribution in [-0.2, 0) is 0 Å². The first-order chi connectivity index (χ1) is 16.0. The zero-order valence-electron chi connectivity index (χ0n) is 22.3.